The molecule has 0 saturated carbocycles. The molecule has 0 aromatic heterocycles. The van der Waals surface area contributed by atoms with E-state index in [2.05, 4.69) is 10.6 Å². The largest absolute Gasteiger partial charge is 0.424 e. The summed E-state index contributed by atoms with van der Waals surface area (Å²) in [4.78, 5) is 63.0. The molecule has 12 nitrogen and oxygen atoms in total. The van der Waals surface area contributed by atoms with Gasteiger partial charge in [0.2, 0.25) is 0 Å². The van der Waals surface area contributed by atoms with Crippen molar-refractivity contribution in [2.75, 3.05) is 0 Å². The average molecular weight is 625 g/mol. The van der Waals surface area contributed by atoms with E-state index >= 15 is 0 Å². The molecule has 2 atom stereocenters. The highest BCUT2D eigenvalue weighted by atomic mass is 32.2. The van der Waals surface area contributed by atoms with E-state index in [9.17, 15) is 34.5 Å². The highest BCUT2D eigenvalue weighted by Gasteiger charge is 2.48. The van der Waals surface area contributed by atoms with Gasteiger partial charge in [0.15, 0.2) is 17.7 Å². The number of nitriles is 2. The second kappa shape index (κ2) is 10.2. The van der Waals surface area contributed by atoms with E-state index in [-0.39, 0.29) is 28.2 Å². The quantitative estimate of drug-likeness (QED) is 0.161. The van der Waals surface area contributed by atoms with Gasteiger partial charge in [0.05, 0.1) is 33.6 Å². The third-order valence-corrected chi connectivity index (χ3v) is 11.1. The Morgan fingerprint density at radius 1 is 0.805 bits per heavy atom. The number of carbonyl (C=O) groups excluding carboxylic acids is 5. The maximum absolute atomic E-state index is 12.7. The zero-order valence-electron chi connectivity index (χ0n) is 20.6. The number of benzene rings is 1. The summed E-state index contributed by atoms with van der Waals surface area (Å²) in [6.45, 7) is 2.46. The van der Waals surface area contributed by atoms with Gasteiger partial charge in [-0.05, 0) is 12.2 Å². The van der Waals surface area contributed by atoms with Crippen molar-refractivity contribution in [3.63, 3.8) is 0 Å². The first-order valence-corrected chi connectivity index (χ1v) is 14.7. The van der Waals surface area contributed by atoms with Crippen LogP contribution in [0.4, 0.5) is 0 Å². The number of thioether (sulfide) groups is 4. The van der Waals surface area contributed by atoms with Crippen LogP contribution in [0.15, 0.2) is 62.5 Å². The molecule has 0 radical (unpaired) electrons. The molecule has 5 aliphatic heterocycles. The second-order valence-corrected chi connectivity index (χ2v) is 13.2. The lowest BCUT2D eigenvalue weighted by Gasteiger charge is -2.15. The summed E-state index contributed by atoms with van der Waals surface area (Å²) in [5.41, 5.74) is 0.274. The molecule has 1 aromatic rings. The number of imide groups is 1. The van der Waals surface area contributed by atoms with E-state index in [0.29, 0.717) is 33.6 Å². The van der Waals surface area contributed by atoms with Crippen LogP contribution >= 0.6 is 47.0 Å². The van der Waals surface area contributed by atoms with Crippen molar-refractivity contribution < 1.29 is 38.2 Å². The van der Waals surface area contributed by atoms with Crippen molar-refractivity contribution in [2.45, 2.75) is 45.8 Å². The molecule has 204 valence electrons. The summed E-state index contributed by atoms with van der Waals surface area (Å²) in [7, 11) is 0. The number of rotatable bonds is 2. The molecule has 6 rings (SSSR count). The number of ether oxygens (including phenoxy) is 3. The Morgan fingerprint density at radius 3 is 1.83 bits per heavy atom. The van der Waals surface area contributed by atoms with Gasteiger partial charge in [0.25, 0.3) is 17.7 Å². The number of epoxide rings is 1. The van der Waals surface area contributed by atoms with Crippen LogP contribution in [-0.4, -0.2) is 42.0 Å². The smallest absolute Gasteiger partial charge is 0.308 e. The molecule has 0 bridgehead atoms. The Hall–Kier alpha value is -3.93. The van der Waals surface area contributed by atoms with Crippen molar-refractivity contribution in [1.29, 1.82) is 10.5 Å². The molecule has 2 N–H and O–H groups in total. The van der Waals surface area contributed by atoms with Gasteiger partial charge in [-0.3, -0.25) is 29.3 Å². The molecular weight excluding hydrogens is 613 g/mol. The number of fused-ring (bicyclic) bond motifs is 3. The zero-order chi connectivity index (χ0) is 29.2. The number of nitrogens with one attached hydrogen (secondary N) is 2. The molecule has 0 spiro atoms. The predicted molar refractivity (Wildman–Crippen MR) is 144 cm³/mol. The predicted octanol–water partition coefficient (Wildman–Crippen LogP) is 2.77. The van der Waals surface area contributed by atoms with Crippen LogP contribution in [0.1, 0.15) is 13.8 Å². The molecule has 1 fully saturated rings. The van der Waals surface area contributed by atoms with Gasteiger partial charge in [-0.1, -0.05) is 47.0 Å². The molecule has 16 heteroatoms. The minimum atomic E-state index is -0.813. The Balaban J connectivity index is 1.53. The first-order chi connectivity index (χ1) is 19.6. The molecule has 1 saturated heterocycles. The Bertz CT molecular complexity index is 1720. The number of hydrogen-bond acceptors (Lipinski definition) is 14. The molecule has 5 heterocycles. The van der Waals surface area contributed by atoms with Gasteiger partial charge < -0.3 is 19.5 Å². The summed E-state index contributed by atoms with van der Waals surface area (Å²) in [5.74, 6) is -3.00. The van der Waals surface area contributed by atoms with Crippen molar-refractivity contribution in [3.8, 4) is 23.6 Å². The van der Waals surface area contributed by atoms with Gasteiger partial charge in [-0.25, -0.2) is 0 Å². The van der Waals surface area contributed by atoms with Crippen molar-refractivity contribution in [2.24, 2.45) is 0 Å². The maximum atomic E-state index is 12.7. The zero-order valence-corrected chi connectivity index (χ0v) is 23.9. The van der Waals surface area contributed by atoms with Crippen LogP contribution in [0.2, 0.25) is 0 Å². The number of carbonyl (C=O) groups is 5. The monoisotopic (exact) mass is 624 g/mol. The minimum absolute atomic E-state index is 0.0555. The maximum Gasteiger partial charge on any atom is 0.308 e. The van der Waals surface area contributed by atoms with Gasteiger partial charge in [0, 0.05) is 19.4 Å². The molecular formula is C25H12N4O8S4. The fourth-order valence-corrected chi connectivity index (χ4v) is 9.58. The Labute approximate surface area is 247 Å². The van der Waals surface area contributed by atoms with Crippen molar-refractivity contribution >= 4 is 76.7 Å². The molecule has 0 aliphatic carbocycles. The van der Waals surface area contributed by atoms with Gasteiger partial charge in [0.1, 0.15) is 29.4 Å². The van der Waals surface area contributed by atoms with Crippen molar-refractivity contribution in [1.82, 2.24) is 10.6 Å². The third kappa shape index (κ3) is 4.73. The number of esters is 2. The molecule has 2 unspecified atom stereocenters. The normalized spacial score (nSPS) is 22.2. The van der Waals surface area contributed by atoms with Crippen molar-refractivity contribution in [3.05, 3.63) is 42.9 Å². The molecule has 3 amide bonds. The highest BCUT2D eigenvalue weighted by Crippen LogP contribution is 2.69. The average Bonchev–Trinajstić information content (AvgIpc) is 3.33. The lowest BCUT2D eigenvalue weighted by molar-refractivity contribution is -0.133. The van der Waals surface area contributed by atoms with Gasteiger partial charge in [-0.15, -0.1) is 0 Å². The van der Waals surface area contributed by atoms with Crippen LogP contribution < -0.4 is 20.1 Å². The standard InChI is InChI=1S/C25H12N4O8S4/c1-7(30)35-14-16-17(39-24(38-16)11-3-9(5-26)21(33)29-23-13(11)37-23)15(36-8(2)31)19-18(14)40-25(41-19)12-4-10(6-27)20(32)28-22(12)34/h3-4,13,23H,1-2H3,(H,29,33)(H,28,32,34). The third-order valence-electron chi connectivity index (χ3n) is 5.83. The summed E-state index contributed by atoms with van der Waals surface area (Å²) >= 11 is 4.52. The second-order valence-electron chi connectivity index (χ2n) is 8.59. The topological polar surface area (TPSA) is 188 Å². The summed E-state index contributed by atoms with van der Waals surface area (Å²) in [6.07, 6.45) is 1.55. The highest BCUT2D eigenvalue weighted by molar-refractivity contribution is 8.26. The lowest BCUT2D eigenvalue weighted by atomic mass is 10.1. The van der Waals surface area contributed by atoms with Crippen LogP contribution in [-0.2, 0) is 28.7 Å². The molecule has 41 heavy (non-hydrogen) atoms. The number of hydrogen-bond donors (Lipinski definition) is 2. The van der Waals surface area contributed by atoms with E-state index in [1.807, 2.05) is 6.07 Å². The van der Waals surface area contributed by atoms with Crippen LogP contribution in [0.25, 0.3) is 0 Å². The summed E-state index contributed by atoms with van der Waals surface area (Å²) < 4.78 is 17.9. The van der Waals surface area contributed by atoms with E-state index < -0.39 is 42.0 Å². The number of amides is 3. The molecule has 5 aliphatic rings. The fourth-order valence-electron chi connectivity index (χ4n) is 4.08. The van der Waals surface area contributed by atoms with E-state index in [4.69, 9.17) is 14.2 Å². The van der Waals surface area contributed by atoms with Crippen LogP contribution in [0.3, 0.4) is 0 Å². The summed E-state index contributed by atoms with van der Waals surface area (Å²) in [6, 6.07) is 3.63. The van der Waals surface area contributed by atoms with E-state index in [1.165, 1.54) is 49.5 Å². The Kier molecular flexibility index (Phi) is 6.75. The minimum Gasteiger partial charge on any atom is -0.424 e. The first-order valence-electron chi connectivity index (χ1n) is 11.5. The summed E-state index contributed by atoms with van der Waals surface area (Å²) in [5, 5.41) is 23.5. The van der Waals surface area contributed by atoms with Gasteiger partial charge in [-0.2, -0.15) is 10.5 Å². The van der Waals surface area contributed by atoms with E-state index in [0.717, 1.165) is 23.5 Å². The molecule has 1 aromatic carbocycles. The van der Waals surface area contributed by atoms with E-state index in [1.54, 1.807) is 6.07 Å². The SMILES string of the molecule is CC(=O)Oc1c2c(c(OC(C)=O)c3c1SC(=C1C=C(C#N)C(=O)NC4OC14)S3)SC(=C1C=C(C#N)C(=O)NC1=O)S2. The number of nitrogens with zero attached hydrogens (tertiary/aromatic N) is 2. The fraction of sp³-hybridized carbons (Fsp3) is 0.160. The Morgan fingerprint density at radius 2 is 1.32 bits per heavy atom. The lowest BCUT2D eigenvalue weighted by Crippen LogP contribution is -2.36. The first kappa shape index (κ1) is 27.3. The van der Waals surface area contributed by atoms with Gasteiger partial charge >= 0.3 is 11.9 Å². The van der Waals surface area contributed by atoms with Crippen LogP contribution in [0, 0.1) is 22.7 Å². The van der Waals surface area contributed by atoms with Crippen LogP contribution in [0.5, 0.6) is 11.5 Å².